The van der Waals surface area contributed by atoms with Gasteiger partial charge in [0.2, 0.25) is 12.1 Å². The second-order valence-corrected chi connectivity index (χ2v) is 7.60. The number of alkyl carbamates (subject to hydrolysis) is 1. The summed E-state index contributed by atoms with van der Waals surface area (Å²) in [6, 6.07) is 17.2. The van der Waals surface area contributed by atoms with E-state index in [0.717, 1.165) is 11.1 Å². The van der Waals surface area contributed by atoms with Gasteiger partial charge in [0.15, 0.2) is 5.54 Å². The minimum atomic E-state index is -1.45. The van der Waals surface area contributed by atoms with Crippen molar-refractivity contribution < 1.29 is 28.7 Å². The summed E-state index contributed by atoms with van der Waals surface area (Å²) in [4.78, 5) is 48.8. The molecule has 1 fully saturated rings. The molecule has 1 heterocycles. The van der Waals surface area contributed by atoms with Crippen molar-refractivity contribution in [3.05, 3.63) is 71.8 Å². The average molecular weight is 439 g/mol. The first-order valence-electron chi connectivity index (χ1n) is 10.1. The van der Waals surface area contributed by atoms with Crippen LogP contribution in [-0.2, 0) is 36.9 Å². The molecule has 168 valence electrons. The first-order valence-corrected chi connectivity index (χ1v) is 10.1. The van der Waals surface area contributed by atoms with Gasteiger partial charge in [0.25, 0.3) is 5.91 Å². The second-order valence-electron chi connectivity index (χ2n) is 7.60. The van der Waals surface area contributed by atoms with Gasteiger partial charge in [0.05, 0.1) is 0 Å². The number of hydrogen-bond acceptors (Lipinski definition) is 6. The fraction of sp³-hybridized carbons (Fsp3) is 0.304. The molecule has 0 radical (unpaired) electrons. The lowest BCUT2D eigenvalue weighted by Gasteiger charge is -2.45. The van der Waals surface area contributed by atoms with E-state index in [9.17, 15) is 19.2 Å². The number of hydrogen-bond donors (Lipinski definition) is 3. The van der Waals surface area contributed by atoms with Crippen LogP contribution in [0.15, 0.2) is 60.7 Å². The Balaban J connectivity index is 1.68. The smallest absolute Gasteiger partial charge is 0.408 e. The number of β-lactam (4-membered cyclic amide) rings is 1. The summed E-state index contributed by atoms with van der Waals surface area (Å²) in [5.41, 5.74) is 0.151. The molecular formula is C23H25N3O6. The Hall–Kier alpha value is -3.88. The van der Waals surface area contributed by atoms with Gasteiger partial charge >= 0.3 is 12.1 Å². The highest BCUT2D eigenvalue weighted by atomic mass is 16.6. The molecular weight excluding hydrogens is 414 g/mol. The van der Waals surface area contributed by atoms with Gasteiger partial charge in [0, 0.05) is 13.3 Å². The fourth-order valence-corrected chi connectivity index (χ4v) is 3.20. The molecule has 0 spiro atoms. The van der Waals surface area contributed by atoms with E-state index in [-0.39, 0.29) is 13.0 Å². The summed E-state index contributed by atoms with van der Waals surface area (Å²) >= 11 is 0. The molecule has 3 amide bonds. The molecule has 32 heavy (non-hydrogen) atoms. The highest BCUT2D eigenvalue weighted by molar-refractivity contribution is 5.99. The predicted octanol–water partition coefficient (Wildman–Crippen LogP) is 1.42. The van der Waals surface area contributed by atoms with Gasteiger partial charge < -0.3 is 25.4 Å². The maximum atomic E-state index is 13.0. The SMILES string of the molecule is CC(=O)O[C@@H]1NC(=O)[C@@]1(C)NC(=O)[C@H](Cc1ccccc1)NC(=O)OCc1ccccc1. The van der Waals surface area contributed by atoms with Crippen molar-refractivity contribution in [3.8, 4) is 0 Å². The zero-order valence-corrected chi connectivity index (χ0v) is 17.8. The molecule has 1 aliphatic heterocycles. The van der Waals surface area contributed by atoms with E-state index >= 15 is 0 Å². The third-order valence-electron chi connectivity index (χ3n) is 5.03. The summed E-state index contributed by atoms with van der Waals surface area (Å²) in [7, 11) is 0. The van der Waals surface area contributed by atoms with Crippen LogP contribution in [0.25, 0.3) is 0 Å². The van der Waals surface area contributed by atoms with Crippen LogP contribution in [0, 0.1) is 0 Å². The number of benzene rings is 2. The fourth-order valence-electron chi connectivity index (χ4n) is 3.20. The van der Waals surface area contributed by atoms with Crippen LogP contribution in [0.1, 0.15) is 25.0 Å². The van der Waals surface area contributed by atoms with Gasteiger partial charge in [-0.15, -0.1) is 0 Å². The van der Waals surface area contributed by atoms with Crippen molar-refractivity contribution in [1.82, 2.24) is 16.0 Å². The van der Waals surface area contributed by atoms with E-state index in [1.807, 2.05) is 60.7 Å². The molecule has 1 saturated heterocycles. The minimum absolute atomic E-state index is 0.0427. The molecule has 2 aromatic rings. The molecule has 0 saturated carbocycles. The summed E-state index contributed by atoms with van der Waals surface area (Å²) in [6.07, 6.45) is -1.60. The van der Waals surface area contributed by atoms with E-state index in [1.165, 1.54) is 13.8 Å². The molecule has 0 aromatic heterocycles. The average Bonchev–Trinajstić information content (AvgIpc) is 2.78. The first-order chi connectivity index (χ1) is 15.3. The molecule has 3 atom stereocenters. The summed E-state index contributed by atoms with van der Waals surface area (Å²) in [5, 5.41) is 7.59. The van der Waals surface area contributed by atoms with Crippen molar-refractivity contribution in [3.63, 3.8) is 0 Å². The third kappa shape index (κ3) is 5.63. The third-order valence-corrected chi connectivity index (χ3v) is 5.03. The van der Waals surface area contributed by atoms with E-state index in [0.29, 0.717) is 0 Å². The highest BCUT2D eigenvalue weighted by Crippen LogP contribution is 2.22. The van der Waals surface area contributed by atoms with Crippen LogP contribution in [0.5, 0.6) is 0 Å². The number of amides is 3. The molecule has 9 nitrogen and oxygen atoms in total. The van der Waals surface area contributed by atoms with Gasteiger partial charge in [-0.25, -0.2) is 4.79 Å². The molecule has 0 bridgehead atoms. The van der Waals surface area contributed by atoms with Crippen molar-refractivity contribution in [2.24, 2.45) is 0 Å². The second kappa shape index (κ2) is 9.95. The normalized spacial score (nSPS) is 20.2. The van der Waals surface area contributed by atoms with E-state index in [1.54, 1.807) is 0 Å². The van der Waals surface area contributed by atoms with Crippen LogP contribution in [0.2, 0.25) is 0 Å². The van der Waals surface area contributed by atoms with Crippen molar-refractivity contribution in [2.45, 2.75) is 44.7 Å². The quantitative estimate of drug-likeness (QED) is 0.422. The van der Waals surface area contributed by atoms with Gasteiger partial charge in [-0.1, -0.05) is 60.7 Å². The Morgan fingerprint density at radius 2 is 1.62 bits per heavy atom. The van der Waals surface area contributed by atoms with E-state index in [2.05, 4.69) is 16.0 Å². The number of ether oxygens (including phenoxy) is 2. The summed E-state index contributed by atoms with van der Waals surface area (Å²) in [5.74, 6) is -1.71. The van der Waals surface area contributed by atoms with Crippen LogP contribution in [-0.4, -0.2) is 41.7 Å². The number of carbonyl (C=O) groups is 4. The van der Waals surface area contributed by atoms with Crippen molar-refractivity contribution in [1.29, 1.82) is 0 Å². The maximum Gasteiger partial charge on any atom is 0.408 e. The molecule has 9 heteroatoms. The Kier molecular flexibility index (Phi) is 7.09. The molecule has 2 aromatic carbocycles. The van der Waals surface area contributed by atoms with E-state index < -0.39 is 41.7 Å². The van der Waals surface area contributed by atoms with Gasteiger partial charge in [0.1, 0.15) is 12.6 Å². The molecule has 1 aliphatic rings. The molecule has 3 rings (SSSR count). The molecule has 3 N–H and O–H groups in total. The van der Waals surface area contributed by atoms with Gasteiger partial charge in [-0.05, 0) is 18.1 Å². The predicted molar refractivity (Wildman–Crippen MR) is 114 cm³/mol. The van der Waals surface area contributed by atoms with Crippen molar-refractivity contribution >= 4 is 23.9 Å². The topological polar surface area (TPSA) is 123 Å². The first kappa shape index (κ1) is 22.8. The zero-order chi connectivity index (χ0) is 23.1. The number of carbonyl (C=O) groups excluding carboxylic acids is 4. The Labute approximate surface area is 185 Å². The summed E-state index contributed by atoms with van der Waals surface area (Å²) < 4.78 is 10.3. The molecule has 0 aliphatic carbocycles. The lowest BCUT2D eigenvalue weighted by atomic mass is 9.89. The Morgan fingerprint density at radius 3 is 2.19 bits per heavy atom. The monoisotopic (exact) mass is 439 g/mol. The molecule has 0 unspecified atom stereocenters. The standard InChI is InChI=1S/C23H25N3O6/c1-15(27)32-21-23(2,20(29)25-21)26-19(28)18(13-16-9-5-3-6-10-16)24-22(30)31-14-17-11-7-4-8-12-17/h3-12,18,21H,13-14H2,1-2H3,(H,24,30)(H,25,29)(H,26,28)/t18-,21-,23+/m0/s1. The van der Waals surface area contributed by atoms with Crippen LogP contribution < -0.4 is 16.0 Å². The maximum absolute atomic E-state index is 13.0. The van der Waals surface area contributed by atoms with Crippen LogP contribution in [0.3, 0.4) is 0 Å². The Morgan fingerprint density at radius 1 is 1.03 bits per heavy atom. The highest BCUT2D eigenvalue weighted by Gasteiger charge is 2.55. The summed E-state index contributed by atoms with van der Waals surface area (Å²) in [6.45, 7) is 2.70. The largest absolute Gasteiger partial charge is 0.445 e. The van der Waals surface area contributed by atoms with Crippen molar-refractivity contribution in [2.75, 3.05) is 0 Å². The lowest BCUT2D eigenvalue weighted by Crippen LogP contribution is -2.79. The van der Waals surface area contributed by atoms with E-state index in [4.69, 9.17) is 9.47 Å². The Bertz CT molecular complexity index is 982. The van der Waals surface area contributed by atoms with Gasteiger partial charge in [-0.3, -0.25) is 14.4 Å². The number of rotatable bonds is 8. The number of esters is 1. The lowest BCUT2D eigenvalue weighted by molar-refractivity contribution is -0.173. The number of nitrogens with one attached hydrogen (secondary N) is 3. The van der Waals surface area contributed by atoms with Crippen LogP contribution >= 0.6 is 0 Å². The zero-order valence-electron chi connectivity index (χ0n) is 17.8. The minimum Gasteiger partial charge on any atom is -0.445 e. The van der Waals surface area contributed by atoms with Crippen LogP contribution in [0.4, 0.5) is 4.79 Å². The van der Waals surface area contributed by atoms with Gasteiger partial charge in [-0.2, -0.15) is 0 Å².